The third-order valence-electron chi connectivity index (χ3n) is 4.71. The molecule has 0 heterocycles. The minimum atomic E-state index is -0.495. The predicted molar refractivity (Wildman–Crippen MR) is 123 cm³/mol. The van der Waals surface area contributed by atoms with E-state index in [9.17, 15) is 5.11 Å². The van der Waals surface area contributed by atoms with Crippen LogP contribution in [-0.2, 0) is 0 Å². The maximum Gasteiger partial charge on any atom is 0.123 e. The van der Waals surface area contributed by atoms with Gasteiger partial charge in [0.05, 0.1) is 14.2 Å². The molecule has 0 saturated heterocycles. The Morgan fingerprint density at radius 3 is 1.93 bits per heavy atom. The molecule has 5 nitrogen and oxygen atoms in total. The molecule has 0 aliphatic heterocycles. The lowest BCUT2D eigenvalue weighted by Gasteiger charge is -2.24. The van der Waals surface area contributed by atoms with Crippen LogP contribution in [0.15, 0.2) is 42.5 Å². The van der Waals surface area contributed by atoms with Crippen LogP contribution in [0, 0.1) is 0 Å². The second-order valence-electron chi connectivity index (χ2n) is 7.31. The molecule has 164 valence electrons. The minimum absolute atomic E-state index is 0.294. The van der Waals surface area contributed by atoms with Crippen LogP contribution in [0.4, 0.5) is 0 Å². The molecule has 30 heavy (non-hydrogen) atoms. The van der Waals surface area contributed by atoms with Crippen molar-refractivity contribution in [3.63, 3.8) is 0 Å². The fraction of sp³-hybridized carbons (Fsp3) is 0.440. The largest absolute Gasteiger partial charge is 0.497 e. The zero-order chi connectivity index (χ0) is 21.8. The van der Waals surface area contributed by atoms with Crippen LogP contribution >= 0.6 is 0 Å². The Bertz CT molecular complexity index is 745. The van der Waals surface area contributed by atoms with Crippen LogP contribution in [0.5, 0.6) is 17.2 Å². The van der Waals surface area contributed by atoms with E-state index < -0.39 is 6.10 Å². The molecule has 2 rings (SSSR count). The van der Waals surface area contributed by atoms with E-state index in [0.717, 1.165) is 54.3 Å². The van der Waals surface area contributed by atoms with Gasteiger partial charge in [0.15, 0.2) is 0 Å². The number of nitrogens with zero attached hydrogens (tertiary/aromatic N) is 1. The molecule has 0 amide bonds. The molecular formula is C25H35NO4. The monoisotopic (exact) mass is 413 g/mol. The number of hydrogen-bond acceptors (Lipinski definition) is 5. The predicted octanol–water partition coefficient (Wildman–Crippen LogP) is 4.74. The van der Waals surface area contributed by atoms with Gasteiger partial charge in [-0.1, -0.05) is 38.1 Å². The first-order valence-corrected chi connectivity index (χ1v) is 10.6. The van der Waals surface area contributed by atoms with Gasteiger partial charge in [-0.05, 0) is 61.3 Å². The van der Waals surface area contributed by atoms with Crippen molar-refractivity contribution < 1.29 is 19.3 Å². The van der Waals surface area contributed by atoms with Gasteiger partial charge in [-0.3, -0.25) is 0 Å². The molecule has 0 spiro atoms. The van der Waals surface area contributed by atoms with Crippen molar-refractivity contribution in [2.75, 3.05) is 40.5 Å². The Balaban J connectivity index is 1.90. The molecular weight excluding hydrogens is 378 g/mol. The van der Waals surface area contributed by atoms with Crippen molar-refractivity contribution >= 4 is 12.2 Å². The number of rotatable bonds is 13. The van der Waals surface area contributed by atoms with Gasteiger partial charge in [-0.25, -0.2) is 0 Å². The van der Waals surface area contributed by atoms with Crippen molar-refractivity contribution in [3.05, 3.63) is 53.6 Å². The van der Waals surface area contributed by atoms with E-state index >= 15 is 0 Å². The van der Waals surface area contributed by atoms with Gasteiger partial charge in [0.25, 0.3) is 0 Å². The van der Waals surface area contributed by atoms with Crippen LogP contribution < -0.4 is 14.2 Å². The zero-order valence-electron chi connectivity index (χ0n) is 18.6. The Hall–Kier alpha value is -2.50. The second kappa shape index (κ2) is 12.9. The number of benzene rings is 2. The fourth-order valence-corrected chi connectivity index (χ4v) is 3.26. The van der Waals surface area contributed by atoms with E-state index in [1.165, 1.54) is 0 Å². The van der Waals surface area contributed by atoms with Crippen molar-refractivity contribution in [3.8, 4) is 17.2 Å². The normalized spacial score (nSPS) is 12.3. The van der Waals surface area contributed by atoms with Crippen molar-refractivity contribution in [1.82, 2.24) is 4.90 Å². The molecule has 2 aromatic rings. The Morgan fingerprint density at radius 1 is 0.833 bits per heavy atom. The van der Waals surface area contributed by atoms with E-state index in [-0.39, 0.29) is 0 Å². The summed E-state index contributed by atoms with van der Waals surface area (Å²) in [7, 11) is 3.28. The first kappa shape index (κ1) is 23.8. The van der Waals surface area contributed by atoms with Crippen LogP contribution in [0.2, 0.25) is 0 Å². The summed E-state index contributed by atoms with van der Waals surface area (Å²) < 4.78 is 16.4. The average molecular weight is 414 g/mol. The fourth-order valence-electron chi connectivity index (χ4n) is 3.26. The average Bonchev–Trinajstić information content (AvgIpc) is 2.77. The third-order valence-corrected chi connectivity index (χ3v) is 4.71. The molecule has 0 radical (unpaired) electrons. The van der Waals surface area contributed by atoms with Gasteiger partial charge in [0.1, 0.15) is 30.0 Å². The van der Waals surface area contributed by atoms with Crippen molar-refractivity contribution in [2.24, 2.45) is 0 Å². The molecule has 0 fully saturated rings. The van der Waals surface area contributed by atoms with Crippen molar-refractivity contribution in [1.29, 1.82) is 0 Å². The summed E-state index contributed by atoms with van der Waals surface area (Å²) in [5.41, 5.74) is 2.06. The molecule has 5 heteroatoms. The molecule has 0 bridgehead atoms. The van der Waals surface area contributed by atoms with Crippen LogP contribution in [-0.4, -0.2) is 56.6 Å². The summed E-state index contributed by atoms with van der Waals surface area (Å²) in [6.07, 6.45) is 5.72. The lowest BCUT2D eigenvalue weighted by molar-refractivity contribution is 0.0681. The van der Waals surface area contributed by atoms with Crippen LogP contribution in [0.25, 0.3) is 12.2 Å². The summed E-state index contributed by atoms with van der Waals surface area (Å²) in [5, 5.41) is 10.3. The van der Waals surface area contributed by atoms with Crippen LogP contribution in [0.1, 0.15) is 37.8 Å². The molecule has 0 aliphatic carbocycles. The summed E-state index contributed by atoms with van der Waals surface area (Å²) in [4.78, 5) is 2.29. The first-order valence-electron chi connectivity index (χ1n) is 10.6. The number of ether oxygens (including phenoxy) is 3. The van der Waals surface area contributed by atoms with Gasteiger partial charge < -0.3 is 24.2 Å². The molecule has 1 atom stereocenters. The first-order chi connectivity index (χ1) is 14.6. The standard InChI is InChI=1S/C25H35NO4/c1-5-13-26(14-6-2)18-22(27)19-30-23-11-9-20(10-12-23)7-8-21-15-24(28-3)17-25(16-21)29-4/h7-12,15-17,22,27H,5-6,13-14,18-19H2,1-4H3/b8-7+. The van der Waals surface area contributed by atoms with Gasteiger partial charge in [0, 0.05) is 12.6 Å². The van der Waals surface area contributed by atoms with E-state index in [0.29, 0.717) is 13.2 Å². The van der Waals surface area contributed by atoms with Crippen molar-refractivity contribution in [2.45, 2.75) is 32.8 Å². The number of aliphatic hydroxyl groups is 1. The highest BCUT2D eigenvalue weighted by atomic mass is 16.5. The number of methoxy groups -OCH3 is 2. The highest BCUT2D eigenvalue weighted by Gasteiger charge is 2.11. The molecule has 0 saturated carbocycles. The summed E-state index contributed by atoms with van der Waals surface area (Å²) in [5.74, 6) is 2.27. The van der Waals surface area contributed by atoms with Gasteiger partial charge in [-0.15, -0.1) is 0 Å². The van der Waals surface area contributed by atoms with Gasteiger partial charge in [0.2, 0.25) is 0 Å². The Kier molecular flexibility index (Phi) is 10.3. The smallest absolute Gasteiger partial charge is 0.123 e. The quantitative estimate of drug-likeness (QED) is 0.481. The minimum Gasteiger partial charge on any atom is -0.497 e. The molecule has 2 aromatic carbocycles. The zero-order valence-corrected chi connectivity index (χ0v) is 18.6. The summed E-state index contributed by atoms with van der Waals surface area (Å²) in [6.45, 7) is 7.27. The molecule has 1 N–H and O–H groups in total. The number of aliphatic hydroxyl groups excluding tert-OH is 1. The maximum atomic E-state index is 10.3. The molecule has 0 aliphatic rings. The lowest BCUT2D eigenvalue weighted by Crippen LogP contribution is -2.36. The van der Waals surface area contributed by atoms with E-state index in [4.69, 9.17) is 14.2 Å². The number of hydrogen-bond donors (Lipinski definition) is 1. The van der Waals surface area contributed by atoms with Crippen LogP contribution in [0.3, 0.4) is 0 Å². The summed E-state index contributed by atoms with van der Waals surface area (Å²) >= 11 is 0. The Morgan fingerprint density at radius 2 is 1.40 bits per heavy atom. The topological polar surface area (TPSA) is 51.2 Å². The highest BCUT2D eigenvalue weighted by Crippen LogP contribution is 2.24. The van der Waals surface area contributed by atoms with E-state index in [1.807, 2.05) is 54.6 Å². The molecule has 1 unspecified atom stereocenters. The Labute approximate surface area is 180 Å². The third kappa shape index (κ3) is 8.09. The molecule has 0 aromatic heterocycles. The summed E-state index contributed by atoms with van der Waals surface area (Å²) in [6, 6.07) is 13.6. The highest BCUT2D eigenvalue weighted by molar-refractivity contribution is 5.71. The van der Waals surface area contributed by atoms with Gasteiger partial charge >= 0.3 is 0 Å². The van der Waals surface area contributed by atoms with E-state index in [1.54, 1.807) is 14.2 Å². The van der Waals surface area contributed by atoms with Gasteiger partial charge in [-0.2, -0.15) is 0 Å². The maximum absolute atomic E-state index is 10.3. The lowest BCUT2D eigenvalue weighted by atomic mass is 10.1. The SMILES string of the molecule is CCCN(CCC)CC(O)COc1ccc(/C=C/c2cc(OC)cc(OC)c2)cc1. The van der Waals surface area contributed by atoms with E-state index in [2.05, 4.69) is 18.7 Å². The second-order valence-corrected chi connectivity index (χ2v) is 7.31.